The zero-order valence-corrected chi connectivity index (χ0v) is 12.4. The Balaban J connectivity index is 2.02. The molecule has 21 heavy (non-hydrogen) atoms. The topological polar surface area (TPSA) is 72.9 Å². The summed E-state index contributed by atoms with van der Waals surface area (Å²) < 4.78 is 0. The van der Waals surface area contributed by atoms with Crippen molar-refractivity contribution >= 4 is 17.7 Å². The van der Waals surface area contributed by atoms with E-state index < -0.39 is 5.97 Å². The van der Waals surface area contributed by atoms with Crippen LogP contribution in [0.15, 0.2) is 24.3 Å². The lowest BCUT2D eigenvalue weighted by Crippen LogP contribution is -2.37. The van der Waals surface area contributed by atoms with Crippen LogP contribution in [0.4, 0.5) is 10.5 Å². The number of anilines is 1. The van der Waals surface area contributed by atoms with Gasteiger partial charge in [0, 0.05) is 24.8 Å². The van der Waals surface area contributed by atoms with Crippen LogP contribution in [0.2, 0.25) is 0 Å². The predicted molar refractivity (Wildman–Crippen MR) is 80.5 cm³/mol. The number of aliphatic carboxylic acids is 1. The van der Waals surface area contributed by atoms with Crippen LogP contribution in [0.3, 0.4) is 0 Å². The molecule has 2 N–H and O–H groups in total. The maximum atomic E-state index is 12.3. The van der Waals surface area contributed by atoms with Crippen LogP contribution < -0.4 is 5.32 Å². The molecule has 6 nitrogen and oxygen atoms in total. The summed E-state index contributed by atoms with van der Waals surface area (Å²) in [4.78, 5) is 27.0. The zero-order chi connectivity index (χ0) is 15.4. The van der Waals surface area contributed by atoms with Gasteiger partial charge >= 0.3 is 12.0 Å². The molecular weight excluding hydrogens is 270 g/mol. The summed E-state index contributed by atoms with van der Waals surface area (Å²) in [5.74, 6) is -0.912. The summed E-state index contributed by atoms with van der Waals surface area (Å²) in [6, 6.07) is 7.22. The quantitative estimate of drug-likeness (QED) is 0.881. The van der Waals surface area contributed by atoms with E-state index >= 15 is 0 Å². The van der Waals surface area contributed by atoms with Gasteiger partial charge < -0.3 is 20.2 Å². The van der Waals surface area contributed by atoms with Gasteiger partial charge in [-0.25, -0.2) is 4.79 Å². The molecule has 0 aromatic heterocycles. The van der Waals surface area contributed by atoms with Gasteiger partial charge in [-0.2, -0.15) is 0 Å². The van der Waals surface area contributed by atoms with Crippen LogP contribution >= 0.6 is 0 Å². The minimum absolute atomic E-state index is 0.100. The van der Waals surface area contributed by atoms with Gasteiger partial charge in [-0.15, -0.1) is 0 Å². The van der Waals surface area contributed by atoms with E-state index in [-0.39, 0.29) is 12.5 Å². The third kappa shape index (κ3) is 3.95. The SMILES string of the molecule is CN(C)C1CCN(C(=O)Nc2ccccc2CC(=O)O)C1. The summed E-state index contributed by atoms with van der Waals surface area (Å²) in [7, 11) is 4.02. The molecule has 114 valence electrons. The lowest BCUT2D eigenvalue weighted by Gasteiger charge is -2.21. The van der Waals surface area contributed by atoms with Crippen LogP contribution in [0.25, 0.3) is 0 Å². The van der Waals surface area contributed by atoms with Gasteiger partial charge in [0.15, 0.2) is 0 Å². The van der Waals surface area contributed by atoms with Crippen LogP contribution in [0, 0.1) is 0 Å². The summed E-state index contributed by atoms with van der Waals surface area (Å²) >= 11 is 0. The van der Waals surface area contributed by atoms with Crippen molar-refractivity contribution in [3.05, 3.63) is 29.8 Å². The number of hydrogen-bond acceptors (Lipinski definition) is 3. The standard InChI is InChI=1S/C15H21N3O3/c1-17(2)12-7-8-18(10-12)15(21)16-13-6-4-3-5-11(13)9-14(19)20/h3-6,12H,7-10H2,1-2H3,(H,16,21)(H,19,20). The fraction of sp³-hybridized carbons (Fsp3) is 0.467. The first-order valence-electron chi connectivity index (χ1n) is 6.99. The van der Waals surface area contributed by atoms with Crippen molar-refractivity contribution in [1.82, 2.24) is 9.80 Å². The minimum atomic E-state index is -0.912. The van der Waals surface area contributed by atoms with E-state index in [9.17, 15) is 9.59 Å². The number of rotatable bonds is 4. The van der Waals surface area contributed by atoms with E-state index in [0.717, 1.165) is 13.0 Å². The Bertz CT molecular complexity index is 531. The molecule has 0 aliphatic carbocycles. The molecule has 1 fully saturated rings. The number of carboxylic acids is 1. The molecule has 2 rings (SSSR count). The van der Waals surface area contributed by atoms with Crippen LogP contribution in [-0.4, -0.2) is 60.1 Å². The maximum absolute atomic E-state index is 12.3. The first-order chi connectivity index (χ1) is 9.97. The number of carbonyl (C=O) groups excluding carboxylic acids is 1. The summed E-state index contributed by atoms with van der Waals surface area (Å²) in [5.41, 5.74) is 1.18. The molecule has 1 aliphatic heterocycles. The fourth-order valence-electron chi connectivity index (χ4n) is 2.50. The highest BCUT2D eigenvalue weighted by Crippen LogP contribution is 2.19. The number of carboxylic acid groups (broad SMARTS) is 1. The van der Waals surface area contributed by atoms with Gasteiger partial charge in [0.2, 0.25) is 0 Å². The monoisotopic (exact) mass is 291 g/mol. The van der Waals surface area contributed by atoms with E-state index in [4.69, 9.17) is 5.11 Å². The normalized spacial score (nSPS) is 18.0. The van der Waals surface area contributed by atoms with Crippen molar-refractivity contribution in [3.63, 3.8) is 0 Å². The Labute approximate surface area is 124 Å². The maximum Gasteiger partial charge on any atom is 0.321 e. The Kier molecular flexibility index (Phi) is 4.80. The molecule has 1 unspecified atom stereocenters. The van der Waals surface area contributed by atoms with E-state index in [1.54, 1.807) is 29.2 Å². The van der Waals surface area contributed by atoms with E-state index in [2.05, 4.69) is 10.2 Å². The fourth-order valence-corrected chi connectivity index (χ4v) is 2.50. The number of amides is 2. The molecule has 0 saturated carbocycles. The Morgan fingerprint density at radius 3 is 2.71 bits per heavy atom. The number of hydrogen-bond donors (Lipinski definition) is 2. The number of urea groups is 1. The molecule has 1 aliphatic rings. The van der Waals surface area contributed by atoms with Gasteiger partial charge in [0.25, 0.3) is 0 Å². The van der Waals surface area contributed by atoms with Gasteiger partial charge in [-0.3, -0.25) is 4.79 Å². The largest absolute Gasteiger partial charge is 0.481 e. The van der Waals surface area contributed by atoms with Gasteiger partial charge in [-0.1, -0.05) is 18.2 Å². The van der Waals surface area contributed by atoms with Gasteiger partial charge in [0.05, 0.1) is 6.42 Å². The smallest absolute Gasteiger partial charge is 0.321 e. The molecule has 1 aromatic rings. The number of likely N-dealkylation sites (tertiary alicyclic amines) is 1. The average molecular weight is 291 g/mol. The highest BCUT2D eigenvalue weighted by Gasteiger charge is 2.27. The molecule has 2 amide bonds. The summed E-state index contributed by atoms with van der Waals surface area (Å²) in [6.07, 6.45) is 0.855. The van der Waals surface area contributed by atoms with Crippen molar-refractivity contribution in [2.24, 2.45) is 0 Å². The molecule has 1 heterocycles. The van der Waals surface area contributed by atoms with Gasteiger partial charge in [-0.05, 0) is 32.1 Å². The van der Waals surface area contributed by atoms with E-state index in [0.29, 0.717) is 23.8 Å². The number of para-hydroxylation sites is 1. The highest BCUT2D eigenvalue weighted by molar-refractivity contribution is 5.91. The molecule has 1 atom stereocenters. The zero-order valence-electron chi connectivity index (χ0n) is 12.4. The number of carbonyl (C=O) groups is 2. The average Bonchev–Trinajstić information content (AvgIpc) is 2.90. The van der Waals surface area contributed by atoms with Crippen molar-refractivity contribution < 1.29 is 14.7 Å². The highest BCUT2D eigenvalue weighted by atomic mass is 16.4. The van der Waals surface area contributed by atoms with Gasteiger partial charge in [0.1, 0.15) is 0 Å². The molecule has 1 saturated heterocycles. The third-order valence-corrected chi connectivity index (χ3v) is 3.78. The lowest BCUT2D eigenvalue weighted by molar-refractivity contribution is -0.136. The number of nitrogens with zero attached hydrogens (tertiary/aromatic N) is 2. The van der Waals surface area contributed by atoms with Crippen molar-refractivity contribution in [2.45, 2.75) is 18.9 Å². The number of nitrogens with one attached hydrogen (secondary N) is 1. The minimum Gasteiger partial charge on any atom is -0.481 e. The summed E-state index contributed by atoms with van der Waals surface area (Å²) in [5, 5.41) is 11.7. The molecule has 6 heteroatoms. The molecule has 0 spiro atoms. The second-order valence-electron chi connectivity index (χ2n) is 5.51. The third-order valence-electron chi connectivity index (χ3n) is 3.78. The molecule has 1 aromatic carbocycles. The predicted octanol–water partition coefficient (Wildman–Crippen LogP) is 1.48. The van der Waals surface area contributed by atoms with Crippen LogP contribution in [-0.2, 0) is 11.2 Å². The first kappa shape index (κ1) is 15.3. The van der Waals surface area contributed by atoms with E-state index in [1.165, 1.54) is 0 Å². The van der Waals surface area contributed by atoms with Crippen molar-refractivity contribution in [3.8, 4) is 0 Å². The molecular formula is C15H21N3O3. The lowest BCUT2D eigenvalue weighted by atomic mass is 10.1. The molecule has 0 radical (unpaired) electrons. The van der Waals surface area contributed by atoms with Crippen LogP contribution in [0.1, 0.15) is 12.0 Å². The van der Waals surface area contributed by atoms with Crippen molar-refractivity contribution in [1.29, 1.82) is 0 Å². The van der Waals surface area contributed by atoms with Crippen LogP contribution in [0.5, 0.6) is 0 Å². The second-order valence-corrected chi connectivity index (χ2v) is 5.51. The Morgan fingerprint density at radius 2 is 2.10 bits per heavy atom. The molecule has 0 bridgehead atoms. The summed E-state index contributed by atoms with van der Waals surface area (Å²) in [6.45, 7) is 1.41. The Morgan fingerprint density at radius 1 is 1.38 bits per heavy atom. The van der Waals surface area contributed by atoms with Crippen molar-refractivity contribution in [2.75, 3.05) is 32.5 Å². The second kappa shape index (κ2) is 6.58. The van der Waals surface area contributed by atoms with E-state index in [1.807, 2.05) is 14.1 Å². The Hall–Kier alpha value is -2.08. The first-order valence-corrected chi connectivity index (χ1v) is 6.99. The number of benzene rings is 1. The number of likely N-dealkylation sites (N-methyl/N-ethyl adjacent to an activating group) is 1.